The summed E-state index contributed by atoms with van der Waals surface area (Å²) in [6.07, 6.45) is 0. The molecule has 0 fully saturated rings. The molecule has 0 unspecified atom stereocenters. The highest BCUT2D eigenvalue weighted by Crippen LogP contribution is 2.23. The molecule has 0 aliphatic carbocycles. The van der Waals surface area contributed by atoms with E-state index in [-0.39, 0.29) is 22.4 Å². The molecular formula is C17H16BrN3O4S. The Bertz CT molecular complexity index is 845. The van der Waals surface area contributed by atoms with Gasteiger partial charge in [0.2, 0.25) is 5.91 Å². The molecule has 2 N–H and O–H groups in total. The molecule has 0 atom stereocenters. The molecule has 2 amide bonds. The van der Waals surface area contributed by atoms with Gasteiger partial charge < -0.3 is 10.6 Å². The highest BCUT2D eigenvalue weighted by Gasteiger charge is 2.15. The van der Waals surface area contributed by atoms with Crippen LogP contribution in [-0.4, -0.2) is 21.8 Å². The van der Waals surface area contributed by atoms with E-state index in [9.17, 15) is 19.7 Å². The predicted molar refractivity (Wildman–Crippen MR) is 105 cm³/mol. The monoisotopic (exact) mass is 437 g/mol. The van der Waals surface area contributed by atoms with E-state index in [0.29, 0.717) is 6.54 Å². The summed E-state index contributed by atoms with van der Waals surface area (Å²) in [7, 11) is 0. The van der Waals surface area contributed by atoms with Gasteiger partial charge in [0.1, 0.15) is 5.69 Å². The molecule has 2 aromatic carbocycles. The van der Waals surface area contributed by atoms with Gasteiger partial charge in [-0.05, 0) is 30.2 Å². The number of nitrogens with zero attached hydrogens (tertiary/aromatic N) is 1. The molecule has 26 heavy (non-hydrogen) atoms. The van der Waals surface area contributed by atoms with Gasteiger partial charge in [-0.15, -0.1) is 0 Å². The van der Waals surface area contributed by atoms with E-state index >= 15 is 0 Å². The number of nitro benzene ring substituents is 1. The van der Waals surface area contributed by atoms with Crippen LogP contribution < -0.4 is 10.6 Å². The van der Waals surface area contributed by atoms with Crippen molar-refractivity contribution in [2.24, 2.45) is 0 Å². The van der Waals surface area contributed by atoms with E-state index < -0.39 is 10.8 Å². The summed E-state index contributed by atoms with van der Waals surface area (Å²) in [5.41, 5.74) is 1.94. The lowest BCUT2D eigenvalue weighted by molar-refractivity contribution is -0.383. The highest BCUT2D eigenvalue weighted by molar-refractivity contribution is 9.10. The number of nitro groups is 1. The number of rotatable bonds is 6. The number of aryl methyl sites for hydroxylation is 1. The van der Waals surface area contributed by atoms with Crippen molar-refractivity contribution in [2.75, 3.05) is 11.1 Å². The van der Waals surface area contributed by atoms with Gasteiger partial charge in [0.25, 0.3) is 10.9 Å². The number of nitrogens with one attached hydrogen (secondary N) is 2. The zero-order chi connectivity index (χ0) is 19.1. The van der Waals surface area contributed by atoms with E-state index in [1.54, 1.807) is 6.07 Å². The van der Waals surface area contributed by atoms with Crippen molar-refractivity contribution >= 4 is 50.2 Å². The molecule has 2 rings (SSSR count). The number of para-hydroxylation sites is 2. The van der Waals surface area contributed by atoms with Crippen LogP contribution in [0.3, 0.4) is 0 Å². The SMILES string of the molecule is Cc1ccc(CNC(=O)SCC(=O)Nc2ccccc2[N+](=O)[O-])c(Br)c1. The van der Waals surface area contributed by atoms with E-state index in [2.05, 4.69) is 26.6 Å². The average Bonchev–Trinajstić information content (AvgIpc) is 2.59. The number of amides is 2. The van der Waals surface area contributed by atoms with Gasteiger partial charge >= 0.3 is 0 Å². The van der Waals surface area contributed by atoms with Crippen molar-refractivity contribution in [3.8, 4) is 0 Å². The first-order chi connectivity index (χ1) is 12.4. The third-order valence-corrected chi connectivity index (χ3v) is 4.89. The first-order valence-corrected chi connectivity index (χ1v) is 9.33. The number of carbonyl (C=O) groups is 2. The fraction of sp³-hybridized carbons (Fsp3) is 0.176. The first kappa shape index (κ1) is 19.9. The predicted octanol–water partition coefficient (Wildman–Crippen LogP) is 4.25. The molecule has 0 aromatic heterocycles. The minimum atomic E-state index is -0.575. The van der Waals surface area contributed by atoms with Crippen LogP contribution in [0.1, 0.15) is 11.1 Å². The van der Waals surface area contributed by atoms with Crippen molar-refractivity contribution in [1.82, 2.24) is 5.32 Å². The molecule has 0 saturated heterocycles. The Morgan fingerprint density at radius 1 is 1.23 bits per heavy atom. The summed E-state index contributed by atoms with van der Waals surface area (Å²) in [5.74, 6) is -0.636. The Kier molecular flexibility index (Phi) is 7.16. The maximum atomic E-state index is 11.9. The van der Waals surface area contributed by atoms with Crippen molar-refractivity contribution in [1.29, 1.82) is 0 Å². The Morgan fingerprint density at radius 3 is 2.65 bits per heavy atom. The fourth-order valence-corrected chi connectivity index (χ4v) is 3.21. The molecule has 2 aromatic rings. The normalized spacial score (nSPS) is 10.2. The molecule has 0 aliphatic heterocycles. The summed E-state index contributed by atoms with van der Waals surface area (Å²) in [4.78, 5) is 34.1. The zero-order valence-corrected chi connectivity index (χ0v) is 16.2. The number of benzene rings is 2. The second-order valence-corrected chi connectivity index (χ2v) is 7.15. The Labute approximate surface area is 162 Å². The Morgan fingerprint density at radius 2 is 1.96 bits per heavy atom. The van der Waals surface area contributed by atoms with Gasteiger partial charge in [-0.1, -0.05) is 52.0 Å². The second-order valence-electron chi connectivity index (χ2n) is 5.35. The molecule has 0 aliphatic rings. The molecule has 7 nitrogen and oxygen atoms in total. The maximum Gasteiger partial charge on any atom is 0.292 e. The van der Waals surface area contributed by atoms with Crippen LogP contribution in [0.25, 0.3) is 0 Å². The Balaban J connectivity index is 1.82. The third kappa shape index (κ3) is 5.85. The van der Waals surface area contributed by atoms with Gasteiger partial charge in [0, 0.05) is 17.1 Å². The average molecular weight is 438 g/mol. The van der Waals surface area contributed by atoms with Crippen molar-refractivity contribution in [2.45, 2.75) is 13.5 Å². The molecule has 0 spiro atoms. The summed E-state index contributed by atoms with van der Waals surface area (Å²) in [5, 5.41) is 15.7. The fourth-order valence-electron chi connectivity index (χ4n) is 2.07. The van der Waals surface area contributed by atoms with Gasteiger partial charge in [-0.25, -0.2) is 0 Å². The van der Waals surface area contributed by atoms with Crippen molar-refractivity contribution < 1.29 is 14.5 Å². The molecule has 9 heteroatoms. The summed E-state index contributed by atoms with van der Waals surface area (Å²) in [6, 6.07) is 11.6. The lowest BCUT2D eigenvalue weighted by Crippen LogP contribution is -2.22. The van der Waals surface area contributed by atoms with E-state index in [1.165, 1.54) is 18.2 Å². The number of carbonyl (C=O) groups excluding carboxylic acids is 2. The molecule has 136 valence electrons. The van der Waals surface area contributed by atoms with Crippen LogP contribution in [0, 0.1) is 17.0 Å². The summed E-state index contributed by atoms with van der Waals surface area (Å²) >= 11 is 4.24. The van der Waals surface area contributed by atoms with E-state index in [0.717, 1.165) is 27.4 Å². The van der Waals surface area contributed by atoms with Gasteiger partial charge in [-0.3, -0.25) is 19.7 Å². The van der Waals surface area contributed by atoms with Crippen LogP contribution in [0.4, 0.5) is 16.2 Å². The number of hydrogen-bond donors (Lipinski definition) is 2. The topological polar surface area (TPSA) is 101 Å². The van der Waals surface area contributed by atoms with Crippen molar-refractivity contribution in [3.63, 3.8) is 0 Å². The van der Waals surface area contributed by atoms with Crippen LogP contribution in [-0.2, 0) is 11.3 Å². The quantitative estimate of drug-likeness (QED) is 0.519. The minimum Gasteiger partial charge on any atom is -0.343 e. The van der Waals surface area contributed by atoms with Gasteiger partial charge in [-0.2, -0.15) is 0 Å². The van der Waals surface area contributed by atoms with Gasteiger partial charge in [0.15, 0.2) is 0 Å². The first-order valence-electron chi connectivity index (χ1n) is 7.55. The van der Waals surface area contributed by atoms with Crippen LogP contribution in [0.15, 0.2) is 46.9 Å². The van der Waals surface area contributed by atoms with E-state index in [1.807, 2.05) is 25.1 Å². The van der Waals surface area contributed by atoms with Crippen LogP contribution >= 0.6 is 27.7 Å². The molecule has 0 saturated carbocycles. The highest BCUT2D eigenvalue weighted by atomic mass is 79.9. The molecule has 0 bridgehead atoms. The molecule has 0 radical (unpaired) electrons. The standard InChI is InChI=1S/C17H16BrN3O4S/c1-11-6-7-12(13(18)8-11)9-19-17(23)26-10-16(22)20-14-4-2-3-5-15(14)21(24)25/h2-8H,9-10H2,1H3,(H,19,23)(H,20,22). The maximum absolute atomic E-state index is 11.9. The van der Waals surface area contributed by atoms with Crippen LogP contribution in [0.5, 0.6) is 0 Å². The molecule has 0 heterocycles. The van der Waals surface area contributed by atoms with Crippen molar-refractivity contribution in [3.05, 3.63) is 68.2 Å². The van der Waals surface area contributed by atoms with E-state index in [4.69, 9.17) is 0 Å². The molecular weight excluding hydrogens is 422 g/mol. The lowest BCUT2D eigenvalue weighted by atomic mass is 10.1. The number of anilines is 1. The number of halogens is 1. The third-order valence-electron chi connectivity index (χ3n) is 3.34. The zero-order valence-electron chi connectivity index (χ0n) is 13.8. The smallest absolute Gasteiger partial charge is 0.292 e. The Hall–Kier alpha value is -2.39. The van der Waals surface area contributed by atoms with Crippen LogP contribution in [0.2, 0.25) is 0 Å². The second kappa shape index (κ2) is 9.35. The van der Waals surface area contributed by atoms with Gasteiger partial charge in [0.05, 0.1) is 10.7 Å². The minimum absolute atomic E-state index is 0.104. The lowest BCUT2D eigenvalue weighted by Gasteiger charge is -2.08. The summed E-state index contributed by atoms with van der Waals surface area (Å²) in [6.45, 7) is 2.30. The largest absolute Gasteiger partial charge is 0.343 e. The number of hydrogen-bond acceptors (Lipinski definition) is 5. The number of thioether (sulfide) groups is 1. The summed E-state index contributed by atoms with van der Waals surface area (Å²) < 4.78 is 0.900.